The van der Waals surface area contributed by atoms with Gasteiger partial charge in [-0.1, -0.05) is 18.0 Å². The first-order valence-electron chi connectivity index (χ1n) is 10.2. The van der Waals surface area contributed by atoms with Crippen LogP contribution in [0.5, 0.6) is 0 Å². The van der Waals surface area contributed by atoms with E-state index < -0.39 is 0 Å². The zero-order valence-corrected chi connectivity index (χ0v) is 16.6. The highest BCUT2D eigenvalue weighted by atomic mass is 16.5. The van der Waals surface area contributed by atoms with Gasteiger partial charge in [0.05, 0.1) is 0 Å². The van der Waals surface area contributed by atoms with Crippen molar-refractivity contribution < 1.29 is 9.32 Å². The van der Waals surface area contributed by atoms with Crippen LogP contribution in [0.25, 0.3) is 11.4 Å². The number of pyridine rings is 1. The maximum atomic E-state index is 12.1. The molecule has 2 amide bonds. The van der Waals surface area contributed by atoms with E-state index in [4.69, 9.17) is 4.52 Å². The molecule has 1 aliphatic heterocycles. The third kappa shape index (κ3) is 4.10. The average molecular weight is 384 g/mol. The van der Waals surface area contributed by atoms with Crippen molar-refractivity contribution >= 4 is 11.8 Å². The average Bonchev–Trinajstić information content (AvgIpc) is 3.39. The van der Waals surface area contributed by atoms with Crippen molar-refractivity contribution in [1.82, 2.24) is 25.3 Å². The van der Waals surface area contributed by atoms with Crippen LogP contribution in [0.1, 0.15) is 51.3 Å². The number of carbonyl (C=O) groups excluding carboxylic acids is 1. The molecular formula is C20H28N6O2. The molecule has 150 valence electrons. The number of nitrogens with zero attached hydrogens (tertiary/aromatic N) is 5. The Morgan fingerprint density at radius 2 is 1.93 bits per heavy atom. The zero-order chi connectivity index (χ0) is 19.5. The Morgan fingerprint density at radius 3 is 2.57 bits per heavy atom. The van der Waals surface area contributed by atoms with Crippen LogP contribution in [0.2, 0.25) is 0 Å². The molecular weight excluding hydrogens is 356 g/mol. The Kier molecular flexibility index (Phi) is 5.45. The van der Waals surface area contributed by atoms with Crippen LogP contribution >= 0.6 is 0 Å². The Morgan fingerprint density at radius 1 is 1.18 bits per heavy atom. The number of urea groups is 1. The first-order valence-corrected chi connectivity index (χ1v) is 10.2. The van der Waals surface area contributed by atoms with Gasteiger partial charge in [-0.15, -0.1) is 0 Å². The van der Waals surface area contributed by atoms with Crippen molar-refractivity contribution in [2.45, 2.75) is 51.5 Å². The molecule has 0 bridgehead atoms. The summed E-state index contributed by atoms with van der Waals surface area (Å²) in [5, 5.41) is 7.08. The third-order valence-electron chi connectivity index (χ3n) is 5.46. The highest BCUT2D eigenvalue weighted by molar-refractivity contribution is 5.74. The second-order valence-corrected chi connectivity index (χ2v) is 7.92. The minimum atomic E-state index is 0.00753. The number of amides is 2. The van der Waals surface area contributed by atoms with Crippen LogP contribution < -0.4 is 10.2 Å². The van der Waals surface area contributed by atoms with Gasteiger partial charge in [-0.2, -0.15) is 4.98 Å². The van der Waals surface area contributed by atoms with E-state index in [-0.39, 0.29) is 12.1 Å². The number of aromatic nitrogens is 3. The van der Waals surface area contributed by atoms with Gasteiger partial charge in [0.1, 0.15) is 5.82 Å². The first kappa shape index (κ1) is 18.7. The Balaban J connectivity index is 1.36. The number of piperazine rings is 1. The minimum Gasteiger partial charge on any atom is -0.353 e. The van der Waals surface area contributed by atoms with Gasteiger partial charge in [0.25, 0.3) is 0 Å². The van der Waals surface area contributed by atoms with Crippen molar-refractivity contribution in [3.8, 4) is 11.4 Å². The zero-order valence-electron chi connectivity index (χ0n) is 16.6. The monoisotopic (exact) mass is 384 g/mol. The van der Waals surface area contributed by atoms with Gasteiger partial charge in [-0.3, -0.25) is 0 Å². The van der Waals surface area contributed by atoms with Gasteiger partial charge in [0, 0.05) is 49.9 Å². The van der Waals surface area contributed by atoms with Crippen LogP contribution in [0.15, 0.2) is 22.9 Å². The molecule has 8 heteroatoms. The number of nitrogens with one attached hydrogen (secondary N) is 1. The smallest absolute Gasteiger partial charge is 0.317 e. The van der Waals surface area contributed by atoms with Gasteiger partial charge in [0.15, 0.2) is 0 Å². The quantitative estimate of drug-likeness (QED) is 0.872. The highest BCUT2D eigenvalue weighted by Crippen LogP contribution is 2.33. The molecule has 28 heavy (non-hydrogen) atoms. The number of anilines is 1. The molecule has 4 rings (SSSR count). The lowest BCUT2D eigenvalue weighted by Crippen LogP contribution is -2.53. The summed E-state index contributed by atoms with van der Waals surface area (Å²) in [6, 6.07) is 4.14. The Hall–Kier alpha value is -2.64. The highest BCUT2D eigenvalue weighted by Gasteiger charge is 2.24. The summed E-state index contributed by atoms with van der Waals surface area (Å²) in [6.07, 6.45) is 6.56. The van der Waals surface area contributed by atoms with E-state index in [1.54, 1.807) is 6.20 Å². The molecule has 0 radical (unpaired) electrons. The molecule has 0 spiro atoms. The number of carbonyl (C=O) groups is 1. The topological polar surface area (TPSA) is 87.4 Å². The third-order valence-corrected chi connectivity index (χ3v) is 5.46. The minimum absolute atomic E-state index is 0.00753. The molecule has 1 N–H and O–H groups in total. The van der Waals surface area contributed by atoms with E-state index in [1.165, 1.54) is 12.8 Å². The molecule has 0 atom stereocenters. The largest absolute Gasteiger partial charge is 0.353 e. The van der Waals surface area contributed by atoms with E-state index in [2.05, 4.69) is 25.3 Å². The Labute approximate surface area is 165 Å². The van der Waals surface area contributed by atoms with Gasteiger partial charge >= 0.3 is 6.03 Å². The van der Waals surface area contributed by atoms with E-state index in [9.17, 15) is 4.79 Å². The van der Waals surface area contributed by atoms with Crippen LogP contribution in [0.3, 0.4) is 0 Å². The van der Waals surface area contributed by atoms with E-state index in [1.807, 2.05) is 30.9 Å². The van der Waals surface area contributed by atoms with Crippen LogP contribution in [0, 0.1) is 0 Å². The molecule has 8 nitrogen and oxygen atoms in total. The van der Waals surface area contributed by atoms with Crippen molar-refractivity contribution in [3.05, 3.63) is 24.2 Å². The lowest BCUT2D eigenvalue weighted by Gasteiger charge is -2.35. The van der Waals surface area contributed by atoms with Crippen LogP contribution in [0.4, 0.5) is 10.6 Å². The van der Waals surface area contributed by atoms with Crippen molar-refractivity contribution in [2.75, 3.05) is 31.1 Å². The lowest BCUT2D eigenvalue weighted by atomic mass is 10.1. The molecule has 3 heterocycles. The summed E-state index contributed by atoms with van der Waals surface area (Å²) >= 11 is 0. The van der Waals surface area contributed by atoms with E-state index in [0.717, 1.165) is 43.2 Å². The number of rotatable bonds is 4. The molecule has 1 saturated carbocycles. The molecule has 2 fully saturated rings. The fourth-order valence-corrected chi connectivity index (χ4v) is 3.87. The summed E-state index contributed by atoms with van der Waals surface area (Å²) in [5.74, 6) is 2.69. The summed E-state index contributed by atoms with van der Waals surface area (Å²) < 4.78 is 5.47. The first-order chi connectivity index (χ1) is 13.6. The summed E-state index contributed by atoms with van der Waals surface area (Å²) in [6.45, 7) is 6.87. The second-order valence-electron chi connectivity index (χ2n) is 7.92. The van der Waals surface area contributed by atoms with Gasteiger partial charge in [-0.25, -0.2) is 9.78 Å². The van der Waals surface area contributed by atoms with Crippen LogP contribution in [-0.4, -0.2) is 58.3 Å². The Bertz CT molecular complexity index is 789. The SMILES string of the molecule is CC(C)NC(=O)N1CCN(c2ccc(-c3noc(C4CCCC4)n3)cn2)CC1. The fourth-order valence-electron chi connectivity index (χ4n) is 3.87. The van der Waals surface area contributed by atoms with Crippen molar-refractivity contribution in [3.63, 3.8) is 0 Å². The van der Waals surface area contributed by atoms with Gasteiger partial charge < -0.3 is 19.6 Å². The maximum Gasteiger partial charge on any atom is 0.317 e. The van der Waals surface area contributed by atoms with E-state index in [0.29, 0.717) is 24.8 Å². The van der Waals surface area contributed by atoms with E-state index >= 15 is 0 Å². The molecule has 1 aliphatic carbocycles. The predicted octanol–water partition coefficient (Wildman–Crippen LogP) is 3.03. The molecule has 0 unspecified atom stereocenters. The molecule has 2 aliphatic rings. The maximum absolute atomic E-state index is 12.1. The number of hydrogen-bond donors (Lipinski definition) is 1. The predicted molar refractivity (Wildman–Crippen MR) is 106 cm³/mol. The molecule has 2 aromatic heterocycles. The second kappa shape index (κ2) is 8.16. The standard InChI is InChI=1S/C20H28N6O2/c1-14(2)22-20(27)26-11-9-25(10-12-26)17-8-7-16(13-21-17)18-23-19(28-24-18)15-5-3-4-6-15/h7-8,13-15H,3-6,9-12H2,1-2H3,(H,22,27). The normalized spacial score (nSPS) is 18.1. The van der Waals surface area contributed by atoms with Crippen molar-refractivity contribution in [1.29, 1.82) is 0 Å². The molecule has 2 aromatic rings. The van der Waals surface area contributed by atoms with Crippen LogP contribution in [-0.2, 0) is 0 Å². The summed E-state index contributed by atoms with van der Waals surface area (Å²) in [5.41, 5.74) is 0.867. The van der Waals surface area contributed by atoms with Crippen molar-refractivity contribution in [2.24, 2.45) is 0 Å². The fraction of sp³-hybridized carbons (Fsp3) is 0.600. The summed E-state index contributed by atoms with van der Waals surface area (Å²) in [7, 11) is 0. The molecule has 0 aromatic carbocycles. The molecule has 1 saturated heterocycles. The summed E-state index contributed by atoms with van der Waals surface area (Å²) in [4.78, 5) is 25.3. The van der Waals surface area contributed by atoms with Gasteiger partial charge in [-0.05, 0) is 38.8 Å². The lowest BCUT2D eigenvalue weighted by molar-refractivity contribution is 0.191. The number of hydrogen-bond acceptors (Lipinski definition) is 6. The van der Waals surface area contributed by atoms with Gasteiger partial charge in [0.2, 0.25) is 11.7 Å².